The Hall–Kier alpha value is -2.70. The number of rotatable bonds is 5. The molecule has 0 saturated heterocycles. The predicted molar refractivity (Wildman–Crippen MR) is 69.7 cm³/mol. The van der Waals surface area contributed by atoms with Crippen LogP contribution in [0, 0.1) is 10.1 Å². The van der Waals surface area contributed by atoms with Crippen LogP contribution in [-0.2, 0) is 19.1 Å². The van der Waals surface area contributed by atoms with E-state index in [0.717, 1.165) is 0 Å². The molecule has 0 spiro atoms. The van der Waals surface area contributed by atoms with Gasteiger partial charge < -0.3 is 9.47 Å². The maximum absolute atomic E-state index is 11.5. The maximum atomic E-state index is 11.5. The highest BCUT2D eigenvalue weighted by Crippen LogP contribution is 2.16. The largest absolute Gasteiger partial charge is 0.466 e. The lowest BCUT2D eigenvalue weighted by Gasteiger charge is -2.06. The van der Waals surface area contributed by atoms with Gasteiger partial charge in [0.2, 0.25) is 0 Å². The quantitative estimate of drug-likeness (QED) is 0.352. The Morgan fingerprint density at radius 2 is 2.10 bits per heavy atom. The van der Waals surface area contributed by atoms with Gasteiger partial charge in [0.15, 0.2) is 0 Å². The van der Waals surface area contributed by atoms with Crippen LogP contribution in [0.25, 0.3) is 6.08 Å². The summed E-state index contributed by atoms with van der Waals surface area (Å²) in [6, 6.07) is 5.71. The fourth-order valence-corrected chi connectivity index (χ4v) is 1.40. The molecule has 0 amide bonds. The molecule has 106 valence electrons. The molecular weight excluding hydrogens is 266 g/mol. The zero-order chi connectivity index (χ0) is 15.1. The number of hydrogen-bond acceptors (Lipinski definition) is 6. The summed E-state index contributed by atoms with van der Waals surface area (Å²) in [5.41, 5.74) is 0.422. The molecule has 1 aromatic carbocycles. The van der Waals surface area contributed by atoms with E-state index < -0.39 is 16.9 Å². The molecule has 1 aromatic rings. The van der Waals surface area contributed by atoms with Gasteiger partial charge in [-0.1, -0.05) is 12.1 Å². The van der Waals surface area contributed by atoms with Crippen LogP contribution in [0.1, 0.15) is 12.5 Å². The van der Waals surface area contributed by atoms with Gasteiger partial charge in [-0.15, -0.1) is 0 Å². The van der Waals surface area contributed by atoms with Crippen molar-refractivity contribution in [3.63, 3.8) is 0 Å². The molecule has 0 unspecified atom stereocenters. The van der Waals surface area contributed by atoms with Crippen molar-refractivity contribution in [3.8, 4) is 0 Å². The standard InChI is InChI=1S/C13H13NO6/c1-9(15)20-8-11(13(16)19-2)6-10-4-3-5-12(7-10)14(17)18/h3-7H,8H2,1-2H3/b11-6+. The minimum absolute atomic E-state index is 0.0863. The van der Waals surface area contributed by atoms with E-state index in [-0.39, 0.29) is 17.9 Å². The average Bonchev–Trinajstić information content (AvgIpc) is 2.42. The van der Waals surface area contributed by atoms with Crippen LogP contribution in [0.5, 0.6) is 0 Å². The fraction of sp³-hybridized carbons (Fsp3) is 0.231. The second kappa shape index (κ2) is 7.03. The second-order valence-electron chi connectivity index (χ2n) is 3.79. The molecule has 7 heteroatoms. The van der Waals surface area contributed by atoms with Crippen molar-refractivity contribution in [2.24, 2.45) is 0 Å². The van der Waals surface area contributed by atoms with Crippen molar-refractivity contribution in [1.82, 2.24) is 0 Å². The number of benzene rings is 1. The van der Waals surface area contributed by atoms with Crippen LogP contribution in [-0.4, -0.2) is 30.6 Å². The predicted octanol–water partition coefficient (Wildman–Crippen LogP) is 1.71. The van der Waals surface area contributed by atoms with E-state index in [1.165, 1.54) is 38.3 Å². The van der Waals surface area contributed by atoms with E-state index in [2.05, 4.69) is 4.74 Å². The van der Waals surface area contributed by atoms with Crippen molar-refractivity contribution in [3.05, 3.63) is 45.5 Å². The number of hydrogen-bond donors (Lipinski definition) is 0. The summed E-state index contributed by atoms with van der Waals surface area (Å²) < 4.78 is 9.30. The van der Waals surface area contributed by atoms with Crippen molar-refractivity contribution in [2.75, 3.05) is 13.7 Å². The number of nitro benzene ring substituents is 1. The molecule has 0 fully saturated rings. The Bertz CT molecular complexity index is 564. The number of nitrogens with zero attached hydrogens (tertiary/aromatic N) is 1. The molecule has 1 rings (SSSR count). The molecule has 0 aliphatic rings. The maximum Gasteiger partial charge on any atom is 0.337 e. The SMILES string of the molecule is COC(=O)/C(=C/c1cccc([N+](=O)[O-])c1)COC(C)=O. The highest BCUT2D eigenvalue weighted by atomic mass is 16.6. The van der Waals surface area contributed by atoms with E-state index in [0.29, 0.717) is 5.56 Å². The topological polar surface area (TPSA) is 95.7 Å². The molecule has 0 N–H and O–H groups in total. The Morgan fingerprint density at radius 3 is 2.65 bits per heavy atom. The van der Waals surface area contributed by atoms with Crippen molar-refractivity contribution in [1.29, 1.82) is 0 Å². The third kappa shape index (κ3) is 4.52. The van der Waals surface area contributed by atoms with Crippen LogP contribution >= 0.6 is 0 Å². The minimum Gasteiger partial charge on any atom is -0.466 e. The monoisotopic (exact) mass is 279 g/mol. The average molecular weight is 279 g/mol. The Morgan fingerprint density at radius 1 is 1.40 bits per heavy atom. The third-order valence-electron chi connectivity index (χ3n) is 2.30. The number of nitro groups is 1. The van der Waals surface area contributed by atoms with Gasteiger partial charge in [-0.05, 0) is 11.6 Å². The number of ether oxygens (including phenoxy) is 2. The molecule has 20 heavy (non-hydrogen) atoms. The first kappa shape index (κ1) is 15.4. The van der Waals surface area contributed by atoms with Crippen molar-refractivity contribution in [2.45, 2.75) is 6.92 Å². The van der Waals surface area contributed by atoms with E-state index >= 15 is 0 Å². The lowest BCUT2D eigenvalue weighted by Crippen LogP contribution is -2.12. The first-order chi connectivity index (χ1) is 9.43. The van der Waals surface area contributed by atoms with Gasteiger partial charge in [0.05, 0.1) is 17.6 Å². The number of methoxy groups -OCH3 is 1. The molecule has 0 aromatic heterocycles. The summed E-state index contributed by atoms with van der Waals surface area (Å²) in [6.45, 7) is 0.951. The van der Waals surface area contributed by atoms with Crippen molar-refractivity contribution >= 4 is 23.7 Å². The number of esters is 2. The Balaban J connectivity index is 3.05. The van der Waals surface area contributed by atoms with Gasteiger partial charge >= 0.3 is 11.9 Å². The van der Waals surface area contributed by atoms with Gasteiger partial charge in [-0.2, -0.15) is 0 Å². The molecule has 0 heterocycles. The van der Waals surface area contributed by atoms with Gasteiger partial charge in [0, 0.05) is 19.1 Å². The summed E-state index contributed by atoms with van der Waals surface area (Å²) in [6.07, 6.45) is 1.38. The summed E-state index contributed by atoms with van der Waals surface area (Å²) in [4.78, 5) is 32.4. The van der Waals surface area contributed by atoms with Crippen molar-refractivity contribution < 1.29 is 24.0 Å². The summed E-state index contributed by atoms with van der Waals surface area (Å²) in [5, 5.41) is 10.7. The first-order valence-corrected chi connectivity index (χ1v) is 5.60. The third-order valence-corrected chi connectivity index (χ3v) is 2.30. The van der Waals surface area contributed by atoms with Gasteiger partial charge in [-0.3, -0.25) is 14.9 Å². The van der Waals surface area contributed by atoms with Crippen LogP contribution in [0.4, 0.5) is 5.69 Å². The molecule has 0 atom stereocenters. The fourth-order valence-electron chi connectivity index (χ4n) is 1.40. The second-order valence-corrected chi connectivity index (χ2v) is 3.79. The minimum atomic E-state index is -0.669. The van der Waals surface area contributed by atoms with E-state index in [9.17, 15) is 19.7 Å². The molecule has 0 aliphatic heterocycles. The highest BCUT2D eigenvalue weighted by Gasteiger charge is 2.12. The molecule has 0 radical (unpaired) electrons. The number of carbonyl (C=O) groups is 2. The summed E-state index contributed by atoms with van der Waals surface area (Å²) in [7, 11) is 1.19. The van der Waals surface area contributed by atoms with Gasteiger partial charge in [0.25, 0.3) is 5.69 Å². The van der Waals surface area contributed by atoms with Crippen LogP contribution in [0.2, 0.25) is 0 Å². The summed E-state index contributed by atoms with van der Waals surface area (Å²) in [5.74, 6) is -1.21. The molecule has 0 aliphatic carbocycles. The zero-order valence-electron chi connectivity index (χ0n) is 11.0. The number of carbonyl (C=O) groups excluding carboxylic acids is 2. The van der Waals surface area contributed by atoms with Gasteiger partial charge in [0.1, 0.15) is 6.61 Å². The zero-order valence-corrected chi connectivity index (χ0v) is 11.0. The Kier molecular flexibility index (Phi) is 5.40. The molecular formula is C13H13NO6. The van der Waals surface area contributed by atoms with E-state index in [1.54, 1.807) is 6.07 Å². The molecule has 0 bridgehead atoms. The smallest absolute Gasteiger partial charge is 0.337 e. The molecule has 7 nitrogen and oxygen atoms in total. The van der Waals surface area contributed by atoms with E-state index in [4.69, 9.17) is 4.74 Å². The van der Waals surface area contributed by atoms with Gasteiger partial charge in [-0.25, -0.2) is 4.79 Å². The lowest BCUT2D eigenvalue weighted by atomic mass is 10.1. The highest BCUT2D eigenvalue weighted by molar-refractivity contribution is 5.94. The summed E-state index contributed by atoms with van der Waals surface area (Å²) >= 11 is 0. The van der Waals surface area contributed by atoms with Crippen LogP contribution < -0.4 is 0 Å². The molecule has 0 saturated carbocycles. The lowest BCUT2D eigenvalue weighted by molar-refractivity contribution is -0.384. The normalized spacial score (nSPS) is 10.8. The number of non-ortho nitro benzene ring substituents is 1. The van der Waals surface area contributed by atoms with E-state index in [1.807, 2.05) is 0 Å². The van der Waals surface area contributed by atoms with Crippen LogP contribution in [0.3, 0.4) is 0 Å². The van der Waals surface area contributed by atoms with Crippen LogP contribution in [0.15, 0.2) is 29.8 Å². The first-order valence-electron chi connectivity index (χ1n) is 5.60. The Labute approximate surface area is 114 Å².